The minimum Gasteiger partial charge on any atom is -0.369 e. The molecule has 1 aliphatic rings. The maximum absolute atomic E-state index is 12.1. The van der Waals surface area contributed by atoms with Crippen molar-refractivity contribution >= 4 is 21.4 Å². The van der Waals surface area contributed by atoms with Gasteiger partial charge in [-0.1, -0.05) is 6.07 Å². The first kappa shape index (κ1) is 16.7. The third-order valence-corrected chi connectivity index (χ3v) is 6.11. The Morgan fingerprint density at radius 2 is 2.14 bits per heavy atom. The van der Waals surface area contributed by atoms with Gasteiger partial charge >= 0.3 is 6.18 Å². The fraction of sp³-hybridized carbons (Fsp3) is 0.667. The van der Waals surface area contributed by atoms with Crippen molar-refractivity contribution in [2.75, 3.05) is 6.61 Å². The maximum Gasteiger partial charge on any atom is 0.411 e. The molecule has 1 fully saturated rings. The lowest BCUT2D eigenvalue weighted by atomic mass is 9.93. The van der Waals surface area contributed by atoms with Gasteiger partial charge in [0.25, 0.3) is 0 Å². The van der Waals surface area contributed by atoms with Crippen molar-refractivity contribution in [3.8, 4) is 0 Å². The fourth-order valence-electron chi connectivity index (χ4n) is 2.31. The summed E-state index contributed by atoms with van der Waals surface area (Å²) in [6, 6.07) is 2.74. The Balaban J connectivity index is 1.90. The van der Waals surface area contributed by atoms with Crippen LogP contribution in [-0.2, 0) is 14.8 Å². The van der Waals surface area contributed by atoms with Crippen LogP contribution >= 0.6 is 11.3 Å². The molecule has 0 amide bonds. The van der Waals surface area contributed by atoms with Gasteiger partial charge in [0.15, 0.2) is 0 Å². The molecule has 120 valence electrons. The zero-order valence-electron chi connectivity index (χ0n) is 11.1. The number of nitrogens with one attached hydrogen (secondary N) is 1. The molecule has 9 heteroatoms. The molecule has 0 aromatic carbocycles. The quantitative estimate of drug-likeness (QED) is 0.894. The Morgan fingerprint density at radius 1 is 1.38 bits per heavy atom. The van der Waals surface area contributed by atoms with E-state index in [9.17, 15) is 21.6 Å². The predicted molar refractivity (Wildman–Crippen MR) is 72.7 cm³/mol. The van der Waals surface area contributed by atoms with Gasteiger partial charge in [-0.2, -0.15) is 13.2 Å². The van der Waals surface area contributed by atoms with Crippen LogP contribution in [0.2, 0.25) is 0 Å². The predicted octanol–water partition coefficient (Wildman–Crippen LogP) is 2.92. The van der Waals surface area contributed by atoms with Crippen molar-refractivity contribution in [1.82, 2.24) is 4.72 Å². The summed E-state index contributed by atoms with van der Waals surface area (Å²) in [5.41, 5.74) is 0. The second kappa shape index (κ2) is 6.64. The molecule has 1 N–H and O–H groups in total. The summed E-state index contributed by atoms with van der Waals surface area (Å²) in [6.07, 6.45) is -2.88. The van der Waals surface area contributed by atoms with Gasteiger partial charge in [0.05, 0.1) is 6.10 Å². The van der Waals surface area contributed by atoms with Crippen LogP contribution in [0.4, 0.5) is 13.2 Å². The Bertz CT molecular complexity index is 543. The molecule has 2 rings (SSSR count). The van der Waals surface area contributed by atoms with E-state index < -0.39 is 28.9 Å². The molecule has 2 atom stereocenters. The van der Waals surface area contributed by atoms with Gasteiger partial charge in [0.2, 0.25) is 10.0 Å². The van der Waals surface area contributed by atoms with Crippen LogP contribution in [0.5, 0.6) is 0 Å². The molecule has 0 aliphatic heterocycles. The van der Waals surface area contributed by atoms with E-state index in [1.807, 2.05) is 0 Å². The number of thiophene rings is 1. The molecular formula is C12H16F3NO3S2. The van der Waals surface area contributed by atoms with E-state index in [-0.39, 0.29) is 16.7 Å². The summed E-state index contributed by atoms with van der Waals surface area (Å²) in [7, 11) is -3.59. The van der Waals surface area contributed by atoms with Gasteiger partial charge in [-0.3, -0.25) is 0 Å². The topological polar surface area (TPSA) is 55.4 Å². The fourth-order valence-corrected chi connectivity index (χ4v) is 4.60. The lowest BCUT2D eigenvalue weighted by Gasteiger charge is -2.29. The highest BCUT2D eigenvalue weighted by molar-refractivity contribution is 7.91. The minimum atomic E-state index is -4.36. The summed E-state index contributed by atoms with van der Waals surface area (Å²) in [6.45, 7) is -1.29. The summed E-state index contributed by atoms with van der Waals surface area (Å²) < 4.78 is 68.1. The number of alkyl halides is 3. The van der Waals surface area contributed by atoms with Crippen molar-refractivity contribution in [3.05, 3.63) is 17.5 Å². The average molecular weight is 343 g/mol. The Labute approximate surface area is 125 Å². The molecule has 0 radical (unpaired) electrons. The molecule has 1 aliphatic carbocycles. The van der Waals surface area contributed by atoms with E-state index in [1.54, 1.807) is 11.4 Å². The van der Waals surface area contributed by atoms with Gasteiger partial charge in [0.1, 0.15) is 10.8 Å². The molecule has 1 saturated carbocycles. The van der Waals surface area contributed by atoms with Crippen molar-refractivity contribution in [2.45, 2.75) is 48.2 Å². The van der Waals surface area contributed by atoms with E-state index in [4.69, 9.17) is 4.74 Å². The number of rotatable bonds is 5. The minimum absolute atomic E-state index is 0.209. The molecule has 0 saturated heterocycles. The summed E-state index contributed by atoms with van der Waals surface area (Å²) in [5.74, 6) is 0. The zero-order chi connectivity index (χ0) is 15.5. The second-order valence-corrected chi connectivity index (χ2v) is 7.85. The molecule has 4 nitrogen and oxygen atoms in total. The molecular weight excluding hydrogens is 327 g/mol. The Hall–Kier alpha value is -0.640. The molecule has 0 spiro atoms. The average Bonchev–Trinajstić information content (AvgIpc) is 2.90. The van der Waals surface area contributed by atoms with E-state index in [2.05, 4.69) is 4.72 Å². The Morgan fingerprint density at radius 3 is 2.76 bits per heavy atom. The van der Waals surface area contributed by atoms with Crippen molar-refractivity contribution < 1.29 is 26.3 Å². The monoisotopic (exact) mass is 343 g/mol. The third-order valence-electron chi connectivity index (χ3n) is 3.19. The van der Waals surface area contributed by atoms with E-state index >= 15 is 0 Å². The molecule has 1 heterocycles. The summed E-state index contributed by atoms with van der Waals surface area (Å²) in [4.78, 5) is 0. The van der Waals surface area contributed by atoms with Gasteiger partial charge in [-0.05, 0) is 37.1 Å². The molecule has 1 aromatic heterocycles. The lowest BCUT2D eigenvalue weighted by molar-refractivity contribution is -0.188. The number of hydrogen-bond donors (Lipinski definition) is 1. The molecule has 0 bridgehead atoms. The number of ether oxygens (including phenoxy) is 1. The van der Waals surface area contributed by atoms with Crippen LogP contribution in [0, 0.1) is 0 Å². The van der Waals surface area contributed by atoms with Gasteiger partial charge in [0, 0.05) is 6.04 Å². The molecule has 0 unspecified atom stereocenters. The van der Waals surface area contributed by atoms with Crippen LogP contribution in [0.25, 0.3) is 0 Å². The first-order valence-electron chi connectivity index (χ1n) is 6.50. The highest BCUT2D eigenvalue weighted by Gasteiger charge is 2.32. The van der Waals surface area contributed by atoms with Crippen molar-refractivity contribution in [1.29, 1.82) is 0 Å². The van der Waals surface area contributed by atoms with Gasteiger partial charge < -0.3 is 4.74 Å². The van der Waals surface area contributed by atoms with Crippen LogP contribution in [0.15, 0.2) is 21.7 Å². The third kappa shape index (κ3) is 5.24. The van der Waals surface area contributed by atoms with E-state index in [1.165, 1.54) is 6.07 Å². The largest absolute Gasteiger partial charge is 0.411 e. The summed E-state index contributed by atoms with van der Waals surface area (Å²) in [5, 5.41) is 1.66. The van der Waals surface area contributed by atoms with Crippen molar-refractivity contribution in [2.24, 2.45) is 0 Å². The van der Waals surface area contributed by atoms with Crippen LogP contribution in [0.1, 0.15) is 25.7 Å². The zero-order valence-corrected chi connectivity index (χ0v) is 12.7. The first-order valence-corrected chi connectivity index (χ1v) is 8.87. The maximum atomic E-state index is 12.1. The smallest absolute Gasteiger partial charge is 0.369 e. The number of halogens is 3. The first-order chi connectivity index (χ1) is 9.76. The SMILES string of the molecule is O=S(=O)(N[C@H]1CCC[C@H](OCC(F)(F)F)C1)c1cccs1. The molecule has 1 aromatic rings. The lowest BCUT2D eigenvalue weighted by Crippen LogP contribution is -2.40. The molecule has 21 heavy (non-hydrogen) atoms. The van der Waals surface area contributed by atoms with Crippen LogP contribution in [-0.4, -0.2) is 33.3 Å². The van der Waals surface area contributed by atoms with Crippen LogP contribution in [0.3, 0.4) is 0 Å². The summed E-state index contributed by atoms with van der Waals surface area (Å²) >= 11 is 1.10. The highest BCUT2D eigenvalue weighted by atomic mass is 32.2. The van der Waals surface area contributed by atoms with Crippen LogP contribution < -0.4 is 4.72 Å². The Kier molecular flexibility index (Phi) is 5.29. The van der Waals surface area contributed by atoms with Gasteiger partial charge in [-0.25, -0.2) is 13.1 Å². The highest BCUT2D eigenvalue weighted by Crippen LogP contribution is 2.26. The van der Waals surface area contributed by atoms with Gasteiger partial charge in [-0.15, -0.1) is 11.3 Å². The second-order valence-electron chi connectivity index (χ2n) is 4.97. The van der Waals surface area contributed by atoms with Crippen molar-refractivity contribution in [3.63, 3.8) is 0 Å². The number of sulfonamides is 1. The normalized spacial score (nSPS) is 24.1. The van der Waals surface area contributed by atoms with E-state index in [0.29, 0.717) is 19.3 Å². The standard InChI is InChI=1S/C12H16F3NO3S2/c13-12(14,15)8-19-10-4-1-3-9(7-10)16-21(17,18)11-5-2-6-20-11/h2,5-6,9-10,16H,1,3-4,7-8H2/t9-,10-/m0/s1. The number of hydrogen-bond acceptors (Lipinski definition) is 4. The van der Waals surface area contributed by atoms with E-state index in [0.717, 1.165) is 11.3 Å².